The van der Waals surface area contributed by atoms with E-state index >= 15 is 0 Å². The molecule has 2 atom stereocenters. The minimum atomic E-state index is -4.90. The summed E-state index contributed by atoms with van der Waals surface area (Å²) in [5.41, 5.74) is -1.52. The molecule has 0 N–H and O–H groups in total. The topological polar surface area (TPSA) is 44.2 Å². The van der Waals surface area contributed by atoms with Crippen LogP contribution in [0.1, 0.15) is 69.2 Å². The van der Waals surface area contributed by atoms with Gasteiger partial charge in [0.25, 0.3) is 0 Å². The zero-order valence-electron chi connectivity index (χ0n) is 20.5. The summed E-state index contributed by atoms with van der Waals surface area (Å²) in [5.74, 6) is -1.32. The third-order valence-corrected chi connectivity index (χ3v) is 7.21. The second kappa shape index (κ2) is 11.3. The number of nitrogens with zero attached hydrogens (tertiary/aromatic N) is 2. The van der Waals surface area contributed by atoms with E-state index in [4.69, 9.17) is 4.74 Å². The SMILES string of the molecule is CCCOc1cnc(C2C=CC(C3CCC(C(F)(F)Oc4ccc(C(F)(F)F)c(F)c4)CC3)CC2)nc1. The first kappa shape index (κ1) is 27.3. The number of allylic oxidation sites excluding steroid dienone is 2. The van der Waals surface area contributed by atoms with Gasteiger partial charge in [0.2, 0.25) is 0 Å². The van der Waals surface area contributed by atoms with Crippen LogP contribution in [0.2, 0.25) is 0 Å². The highest BCUT2D eigenvalue weighted by Crippen LogP contribution is 2.45. The Morgan fingerprint density at radius 2 is 1.59 bits per heavy atom. The van der Waals surface area contributed by atoms with Gasteiger partial charge in [0.15, 0.2) is 5.75 Å². The molecule has 1 heterocycles. The monoisotopic (exact) mass is 528 g/mol. The predicted octanol–water partition coefficient (Wildman–Crippen LogP) is 7.95. The van der Waals surface area contributed by atoms with Crippen LogP contribution in [0.5, 0.6) is 11.5 Å². The molecule has 4 rings (SSSR count). The van der Waals surface area contributed by atoms with E-state index in [-0.39, 0.29) is 30.6 Å². The van der Waals surface area contributed by atoms with Gasteiger partial charge >= 0.3 is 12.3 Å². The lowest BCUT2D eigenvalue weighted by Crippen LogP contribution is -2.38. The molecule has 202 valence electrons. The molecular weight excluding hydrogens is 498 g/mol. The predicted molar refractivity (Wildman–Crippen MR) is 125 cm³/mol. The summed E-state index contributed by atoms with van der Waals surface area (Å²) >= 11 is 0. The quantitative estimate of drug-likeness (QED) is 0.258. The van der Waals surface area contributed by atoms with Gasteiger partial charge in [0.05, 0.1) is 30.5 Å². The van der Waals surface area contributed by atoms with Crippen LogP contribution in [0.25, 0.3) is 0 Å². The summed E-state index contributed by atoms with van der Waals surface area (Å²) in [5, 5.41) is 0. The van der Waals surface area contributed by atoms with Gasteiger partial charge in [-0.3, -0.25) is 0 Å². The molecule has 1 saturated carbocycles. The van der Waals surface area contributed by atoms with Gasteiger partial charge in [-0.1, -0.05) is 19.1 Å². The molecule has 1 aromatic carbocycles. The normalized spacial score (nSPS) is 24.6. The highest BCUT2D eigenvalue weighted by Gasteiger charge is 2.45. The van der Waals surface area contributed by atoms with E-state index in [1.54, 1.807) is 12.4 Å². The number of rotatable bonds is 8. The van der Waals surface area contributed by atoms with E-state index in [9.17, 15) is 26.3 Å². The largest absolute Gasteiger partial charge is 0.490 e. The molecule has 1 fully saturated rings. The lowest BCUT2D eigenvalue weighted by molar-refractivity contribution is -0.224. The summed E-state index contributed by atoms with van der Waals surface area (Å²) in [7, 11) is 0. The fourth-order valence-electron chi connectivity index (χ4n) is 5.17. The Labute approximate surface area is 212 Å². The number of aromatic nitrogens is 2. The van der Waals surface area contributed by atoms with Crippen LogP contribution in [0.15, 0.2) is 42.7 Å². The van der Waals surface area contributed by atoms with Crippen molar-refractivity contribution in [2.45, 2.75) is 70.1 Å². The second-order valence-electron chi connectivity index (χ2n) is 9.77. The summed E-state index contributed by atoms with van der Waals surface area (Å²) < 4.78 is 91.6. The third-order valence-electron chi connectivity index (χ3n) is 7.21. The van der Waals surface area contributed by atoms with Gasteiger partial charge in [-0.15, -0.1) is 0 Å². The number of hydrogen-bond acceptors (Lipinski definition) is 4. The fourth-order valence-corrected chi connectivity index (χ4v) is 5.17. The van der Waals surface area contributed by atoms with Crippen molar-refractivity contribution in [2.24, 2.45) is 17.8 Å². The van der Waals surface area contributed by atoms with Crippen molar-refractivity contribution in [1.82, 2.24) is 9.97 Å². The maximum atomic E-state index is 14.8. The molecule has 37 heavy (non-hydrogen) atoms. The van der Waals surface area contributed by atoms with Crippen LogP contribution in [0.3, 0.4) is 0 Å². The maximum Gasteiger partial charge on any atom is 0.419 e. The fraction of sp³-hybridized carbons (Fsp3) is 0.556. The van der Waals surface area contributed by atoms with Crippen molar-refractivity contribution in [3.8, 4) is 11.5 Å². The van der Waals surface area contributed by atoms with Crippen LogP contribution in [0.4, 0.5) is 26.3 Å². The first-order valence-electron chi connectivity index (χ1n) is 12.6. The molecule has 0 amide bonds. The van der Waals surface area contributed by atoms with E-state index in [1.165, 1.54) is 0 Å². The average molecular weight is 529 g/mol. The van der Waals surface area contributed by atoms with Crippen LogP contribution in [-0.2, 0) is 6.18 Å². The lowest BCUT2D eigenvalue weighted by atomic mass is 9.71. The van der Waals surface area contributed by atoms with Gasteiger partial charge in [0.1, 0.15) is 17.4 Å². The van der Waals surface area contributed by atoms with E-state index in [0.29, 0.717) is 37.3 Å². The number of halogens is 6. The summed E-state index contributed by atoms with van der Waals surface area (Å²) in [6.07, 6.45) is 3.39. The second-order valence-corrected chi connectivity index (χ2v) is 9.77. The Balaban J connectivity index is 1.29. The van der Waals surface area contributed by atoms with Gasteiger partial charge in [-0.05, 0) is 68.9 Å². The number of alkyl halides is 5. The average Bonchev–Trinajstić information content (AvgIpc) is 2.87. The zero-order chi connectivity index (χ0) is 26.6. The van der Waals surface area contributed by atoms with E-state index < -0.39 is 35.3 Å². The number of hydrogen-bond donors (Lipinski definition) is 0. The Morgan fingerprint density at radius 3 is 2.16 bits per heavy atom. The summed E-state index contributed by atoms with van der Waals surface area (Å²) in [6.45, 7) is 2.64. The number of benzene rings is 1. The highest BCUT2D eigenvalue weighted by molar-refractivity contribution is 5.31. The molecule has 2 aliphatic carbocycles. The van der Waals surface area contributed by atoms with E-state index in [2.05, 4.69) is 26.9 Å². The summed E-state index contributed by atoms with van der Waals surface area (Å²) in [4.78, 5) is 8.85. The van der Waals surface area contributed by atoms with E-state index in [1.807, 2.05) is 6.92 Å². The molecule has 1 aromatic heterocycles. The Morgan fingerprint density at radius 1 is 0.892 bits per heavy atom. The summed E-state index contributed by atoms with van der Waals surface area (Å²) in [6, 6.07) is 1.51. The first-order valence-corrected chi connectivity index (χ1v) is 12.6. The van der Waals surface area contributed by atoms with Crippen LogP contribution >= 0.6 is 0 Å². The van der Waals surface area contributed by atoms with Gasteiger partial charge in [-0.2, -0.15) is 22.0 Å². The number of ether oxygens (including phenoxy) is 2. The van der Waals surface area contributed by atoms with Crippen molar-refractivity contribution in [3.05, 3.63) is 59.9 Å². The van der Waals surface area contributed by atoms with Crippen LogP contribution in [0, 0.1) is 23.6 Å². The third kappa shape index (κ3) is 6.76. The van der Waals surface area contributed by atoms with Gasteiger partial charge in [-0.25, -0.2) is 14.4 Å². The molecule has 2 aliphatic rings. The van der Waals surface area contributed by atoms with Crippen molar-refractivity contribution in [2.75, 3.05) is 6.61 Å². The van der Waals surface area contributed by atoms with Gasteiger partial charge in [0, 0.05) is 12.0 Å². The van der Waals surface area contributed by atoms with E-state index in [0.717, 1.165) is 31.2 Å². The minimum Gasteiger partial charge on any atom is -0.490 e. The molecular formula is C27H30F6N2O2. The molecule has 0 spiro atoms. The molecule has 0 aliphatic heterocycles. The minimum absolute atomic E-state index is 0.106. The standard InChI is InChI=1S/C27H30F6N2O2/c1-2-13-36-22-15-34-25(35-16-22)19-5-3-17(4-6-19)18-7-9-20(10-8-18)27(32,33)37-21-11-12-23(24(28)14-21)26(29,30)31/h3,5,11-12,14-20H,2,4,6-10,13H2,1H3. The highest BCUT2D eigenvalue weighted by atomic mass is 19.4. The van der Waals surface area contributed by atoms with Gasteiger partial charge < -0.3 is 9.47 Å². The smallest absolute Gasteiger partial charge is 0.419 e. The lowest BCUT2D eigenvalue weighted by Gasteiger charge is -2.37. The molecule has 0 saturated heterocycles. The van der Waals surface area contributed by atoms with Crippen LogP contribution in [-0.4, -0.2) is 22.7 Å². The molecule has 10 heteroatoms. The maximum absolute atomic E-state index is 14.8. The first-order chi connectivity index (χ1) is 17.6. The Bertz CT molecular complexity index is 1070. The van der Waals surface area contributed by atoms with Crippen molar-refractivity contribution in [1.29, 1.82) is 0 Å². The van der Waals surface area contributed by atoms with Crippen molar-refractivity contribution >= 4 is 0 Å². The molecule has 4 nitrogen and oxygen atoms in total. The zero-order valence-corrected chi connectivity index (χ0v) is 20.5. The van der Waals surface area contributed by atoms with Crippen molar-refractivity contribution < 1.29 is 35.8 Å². The molecule has 0 bridgehead atoms. The Hall–Kier alpha value is -2.78. The molecule has 2 unspecified atom stereocenters. The van der Waals surface area contributed by atoms with Crippen LogP contribution < -0.4 is 9.47 Å². The van der Waals surface area contributed by atoms with Crippen molar-refractivity contribution in [3.63, 3.8) is 0 Å². The Kier molecular flexibility index (Phi) is 8.33. The molecule has 2 aromatic rings. The molecule has 0 radical (unpaired) electrons.